The Morgan fingerprint density at radius 3 is 2.59 bits per heavy atom. The first-order valence-electron chi connectivity index (χ1n) is 6.85. The van der Waals surface area contributed by atoms with Crippen LogP contribution in [0.2, 0.25) is 0 Å². The topological polar surface area (TPSA) is 54.3 Å². The lowest BCUT2D eigenvalue weighted by atomic mass is 10.1. The van der Waals surface area contributed by atoms with Crippen LogP contribution in [0.25, 0.3) is 0 Å². The molecule has 0 aromatic heterocycles. The monoisotopic (exact) mass is 300 g/mol. The third kappa shape index (κ3) is 3.47. The first kappa shape index (κ1) is 15.6. The summed E-state index contributed by atoms with van der Waals surface area (Å²) in [4.78, 5) is 0. The lowest BCUT2D eigenvalue weighted by Crippen LogP contribution is -2.07. The SMILES string of the molecule is COc1cc(Nc2cccc(F)c2C#N)ccc1OC(C)C. The molecule has 0 bridgehead atoms. The van der Waals surface area contributed by atoms with E-state index in [1.165, 1.54) is 6.07 Å². The van der Waals surface area contributed by atoms with Crippen molar-refractivity contribution >= 4 is 11.4 Å². The Balaban J connectivity index is 2.32. The number of ether oxygens (including phenoxy) is 2. The van der Waals surface area contributed by atoms with Gasteiger partial charge in [0, 0.05) is 11.8 Å². The largest absolute Gasteiger partial charge is 0.493 e. The molecular formula is C17H17FN2O2. The van der Waals surface area contributed by atoms with Crippen molar-refractivity contribution in [1.82, 2.24) is 0 Å². The van der Waals surface area contributed by atoms with E-state index in [2.05, 4.69) is 5.32 Å². The molecule has 0 aliphatic carbocycles. The molecule has 22 heavy (non-hydrogen) atoms. The molecule has 2 aromatic rings. The highest BCUT2D eigenvalue weighted by Crippen LogP contribution is 2.33. The third-order valence-corrected chi connectivity index (χ3v) is 2.93. The average molecular weight is 300 g/mol. The Morgan fingerprint density at radius 2 is 1.95 bits per heavy atom. The molecule has 0 aliphatic heterocycles. The summed E-state index contributed by atoms with van der Waals surface area (Å²) < 4.78 is 24.5. The standard InChI is InChI=1S/C17H17FN2O2/c1-11(2)22-16-8-7-12(9-17(16)21-3)20-15-6-4-5-14(18)13(15)10-19/h4-9,11,20H,1-3H3. The van der Waals surface area contributed by atoms with Gasteiger partial charge in [-0.15, -0.1) is 0 Å². The maximum atomic E-state index is 13.6. The second kappa shape index (κ2) is 6.81. The molecule has 0 unspecified atom stereocenters. The number of anilines is 2. The van der Waals surface area contributed by atoms with Crippen LogP contribution in [-0.4, -0.2) is 13.2 Å². The number of benzene rings is 2. The van der Waals surface area contributed by atoms with E-state index in [1.807, 2.05) is 19.9 Å². The van der Waals surface area contributed by atoms with Crippen LogP contribution in [0.5, 0.6) is 11.5 Å². The van der Waals surface area contributed by atoms with Crippen LogP contribution in [0, 0.1) is 17.1 Å². The Bertz CT molecular complexity index is 708. The summed E-state index contributed by atoms with van der Waals surface area (Å²) in [5, 5.41) is 12.1. The number of nitriles is 1. The zero-order valence-corrected chi connectivity index (χ0v) is 12.7. The maximum Gasteiger partial charge on any atom is 0.162 e. The molecule has 0 amide bonds. The van der Waals surface area contributed by atoms with Crippen LogP contribution >= 0.6 is 0 Å². The molecule has 2 aromatic carbocycles. The van der Waals surface area contributed by atoms with Gasteiger partial charge in [0.25, 0.3) is 0 Å². The fraction of sp³-hybridized carbons (Fsp3) is 0.235. The van der Waals surface area contributed by atoms with E-state index in [9.17, 15) is 4.39 Å². The summed E-state index contributed by atoms with van der Waals surface area (Å²) >= 11 is 0. The van der Waals surface area contributed by atoms with Gasteiger partial charge in [-0.2, -0.15) is 5.26 Å². The number of rotatable bonds is 5. The van der Waals surface area contributed by atoms with Gasteiger partial charge >= 0.3 is 0 Å². The minimum Gasteiger partial charge on any atom is -0.493 e. The minimum atomic E-state index is -0.556. The summed E-state index contributed by atoms with van der Waals surface area (Å²) in [7, 11) is 1.55. The van der Waals surface area contributed by atoms with E-state index in [-0.39, 0.29) is 11.7 Å². The average Bonchev–Trinajstić information content (AvgIpc) is 2.48. The van der Waals surface area contributed by atoms with Gasteiger partial charge in [-0.25, -0.2) is 4.39 Å². The van der Waals surface area contributed by atoms with E-state index in [0.717, 1.165) is 0 Å². The predicted octanol–water partition coefficient (Wildman–Crippen LogP) is 4.24. The molecule has 0 atom stereocenters. The molecular weight excluding hydrogens is 283 g/mol. The highest BCUT2D eigenvalue weighted by molar-refractivity contribution is 5.68. The highest BCUT2D eigenvalue weighted by atomic mass is 19.1. The van der Waals surface area contributed by atoms with Crippen molar-refractivity contribution in [2.75, 3.05) is 12.4 Å². The molecule has 5 heteroatoms. The van der Waals surface area contributed by atoms with Gasteiger partial charge in [-0.05, 0) is 38.1 Å². The van der Waals surface area contributed by atoms with E-state index >= 15 is 0 Å². The number of hydrogen-bond donors (Lipinski definition) is 1. The van der Waals surface area contributed by atoms with Gasteiger partial charge in [0.1, 0.15) is 17.4 Å². The van der Waals surface area contributed by atoms with Gasteiger partial charge < -0.3 is 14.8 Å². The van der Waals surface area contributed by atoms with Crippen LogP contribution in [0.3, 0.4) is 0 Å². The number of nitrogens with zero attached hydrogens (tertiary/aromatic N) is 1. The van der Waals surface area contributed by atoms with Crippen LogP contribution in [0.1, 0.15) is 19.4 Å². The lowest BCUT2D eigenvalue weighted by molar-refractivity contribution is 0.230. The highest BCUT2D eigenvalue weighted by Gasteiger charge is 2.11. The molecule has 0 aliphatic rings. The van der Waals surface area contributed by atoms with Crippen LogP contribution < -0.4 is 14.8 Å². The van der Waals surface area contributed by atoms with Gasteiger partial charge in [-0.3, -0.25) is 0 Å². The van der Waals surface area contributed by atoms with Crippen molar-refractivity contribution in [3.05, 3.63) is 47.8 Å². The Labute approximate surface area is 129 Å². The first-order chi connectivity index (χ1) is 10.5. The minimum absolute atomic E-state index is 0.0241. The second-order valence-electron chi connectivity index (χ2n) is 4.93. The smallest absolute Gasteiger partial charge is 0.162 e. The Hall–Kier alpha value is -2.74. The third-order valence-electron chi connectivity index (χ3n) is 2.93. The van der Waals surface area contributed by atoms with Crippen molar-refractivity contribution in [3.63, 3.8) is 0 Å². The number of halogens is 1. The molecule has 0 spiro atoms. The summed E-state index contributed by atoms with van der Waals surface area (Å²) in [5.41, 5.74) is 1.06. The van der Waals surface area contributed by atoms with Gasteiger partial charge in [0.2, 0.25) is 0 Å². The molecule has 0 radical (unpaired) electrons. The van der Waals surface area contributed by atoms with Crippen LogP contribution in [-0.2, 0) is 0 Å². The molecule has 114 valence electrons. The van der Waals surface area contributed by atoms with Gasteiger partial charge in [-0.1, -0.05) is 6.07 Å². The van der Waals surface area contributed by atoms with Crippen molar-refractivity contribution in [2.45, 2.75) is 20.0 Å². The molecule has 0 saturated heterocycles. The lowest BCUT2D eigenvalue weighted by Gasteiger charge is -2.15. The summed E-state index contributed by atoms with van der Waals surface area (Å²) in [5.74, 6) is 0.635. The zero-order valence-electron chi connectivity index (χ0n) is 12.7. The number of methoxy groups -OCH3 is 1. The summed E-state index contributed by atoms with van der Waals surface area (Å²) in [6, 6.07) is 11.6. The molecule has 2 rings (SSSR count). The Morgan fingerprint density at radius 1 is 1.18 bits per heavy atom. The zero-order chi connectivity index (χ0) is 16.1. The Kier molecular flexibility index (Phi) is 4.84. The van der Waals surface area contributed by atoms with Crippen molar-refractivity contribution < 1.29 is 13.9 Å². The molecule has 0 saturated carbocycles. The van der Waals surface area contributed by atoms with E-state index < -0.39 is 5.82 Å². The fourth-order valence-electron chi connectivity index (χ4n) is 1.99. The van der Waals surface area contributed by atoms with Crippen molar-refractivity contribution in [2.24, 2.45) is 0 Å². The summed E-state index contributed by atoms with van der Waals surface area (Å²) in [6.07, 6.45) is 0.0288. The normalized spacial score (nSPS) is 10.2. The van der Waals surface area contributed by atoms with E-state index in [0.29, 0.717) is 22.9 Å². The van der Waals surface area contributed by atoms with Crippen LogP contribution in [0.15, 0.2) is 36.4 Å². The molecule has 4 nitrogen and oxygen atoms in total. The molecule has 1 N–H and O–H groups in total. The van der Waals surface area contributed by atoms with Crippen LogP contribution in [0.4, 0.5) is 15.8 Å². The predicted molar refractivity (Wildman–Crippen MR) is 83.2 cm³/mol. The number of hydrogen-bond acceptors (Lipinski definition) is 4. The summed E-state index contributed by atoms with van der Waals surface area (Å²) in [6.45, 7) is 3.86. The molecule has 0 heterocycles. The quantitative estimate of drug-likeness (QED) is 0.897. The number of nitrogens with one attached hydrogen (secondary N) is 1. The van der Waals surface area contributed by atoms with Crippen molar-refractivity contribution in [3.8, 4) is 17.6 Å². The second-order valence-corrected chi connectivity index (χ2v) is 4.93. The fourth-order valence-corrected chi connectivity index (χ4v) is 1.99. The maximum absolute atomic E-state index is 13.6. The van der Waals surface area contributed by atoms with Crippen molar-refractivity contribution in [1.29, 1.82) is 5.26 Å². The van der Waals surface area contributed by atoms with E-state index in [1.54, 1.807) is 37.4 Å². The van der Waals surface area contributed by atoms with Gasteiger partial charge in [0.05, 0.1) is 18.9 Å². The van der Waals surface area contributed by atoms with Gasteiger partial charge in [0.15, 0.2) is 11.5 Å². The van der Waals surface area contributed by atoms with E-state index in [4.69, 9.17) is 14.7 Å². The first-order valence-corrected chi connectivity index (χ1v) is 6.85. The molecule has 0 fully saturated rings.